The molecule has 0 saturated carbocycles. The molecule has 0 spiro atoms. The molecule has 3 aromatic rings. The molecule has 2 aliphatic rings. The van der Waals surface area contributed by atoms with Crippen LogP contribution in [0.2, 0.25) is 5.02 Å². The zero-order chi connectivity index (χ0) is 20.0. The smallest absolute Gasteiger partial charge is 0.222 e. The average molecular weight is 407 g/mol. The summed E-state index contributed by atoms with van der Waals surface area (Å²) in [6, 6.07) is 12.3. The van der Waals surface area contributed by atoms with Crippen LogP contribution in [0.1, 0.15) is 11.3 Å². The van der Waals surface area contributed by atoms with Gasteiger partial charge in [0.05, 0.1) is 17.3 Å². The van der Waals surface area contributed by atoms with Gasteiger partial charge in [-0.2, -0.15) is 4.98 Å². The molecule has 5 rings (SSSR count). The van der Waals surface area contributed by atoms with Gasteiger partial charge in [0.25, 0.3) is 0 Å². The minimum Gasteiger partial charge on any atom is -0.377 e. The predicted molar refractivity (Wildman–Crippen MR) is 119 cm³/mol. The molecule has 0 atom stereocenters. The maximum Gasteiger partial charge on any atom is 0.222 e. The Hall–Kier alpha value is -2.99. The molecule has 0 unspecified atom stereocenters. The fourth-order valence-electron chi connectivity index (χ4n) is 4.20. The number of benzene rings is 2. The maximum absolute atomic E-state index is 6.55. The molecular weight excluding hydrogens is 384 g/mol. The highest BCUT2D eigenvalue weighted by molar-refractivity contribution is 6.36. The summed E-state index contributed by atoms with van der Waals surface area (Å²) in [7, 11) is 2.07. The number of aromatic nitrogens is 2. The maximum atomic E-state index is 6.55. The number of halogens is 1. The molecule has 2 aliphatic heterocycles. The number of nitrogens with two attached hydrogens (primary N) is 1. The average Bonchev–Trinajstić information content (AvgIpc) is 2.73. The Labute approximate surface area is 175 Å². The topological polar surface area (TPSA) is 61.5 Å². The first kappa shape index (κ1) is 18.1. The minimum absolute atomic E-state index is 0.323. The fourth-order valence-corrected chi connectivity index (χ4v) is 4.48. The molecule has 0 saturated heterocycles. The first-order valence-electron chi connectivity index (χ1n) is 9.83. The number of anilines is 3. The zero-order valence-corrected chi connectivity index (χ0v) is 17.1. The molecule has 0 amide bonds. The van der Waals surface area contributed by atoms with Crippen LogP contribution in [0.5, 0.6) is 0 Å². The van der Waals surface area contributed by atoms with E-state index in [0.29, 0.717) is 12.5 Å². The van der Waals surface area contributed by atoms with Gasteiger partial charge in [-0.1, -0.05) is 35.9 Å². The van der Waals surface area contributed by atoms with E-state index >= 15 is 0 Å². The molecule has 0 fully saturated rings. The van der Waals surface area contributed by atoms with E-state index in [1.165, 1.54) is 5.56 Å². The van der Waals surface area contributed by atoms with Crippen molar-refractivity contribution in [2.24, 2.45) is 0 Å². The molecule has 2 aromatic carbocycles. The van der Waals surface area contributed by atoms with E-state index in [1.54, 1.807) is 0 Å². The molecule has 3 heterocycles. The fraction of sp³-hybridized carbons (Fsp3) is 0.273. The molecule has 0 aliphatic carbocycles. The van der Waals surface area contributed by atoms with Gasteiger partial charge >= 0.3 is 0 Å². The summed E-state index contributed by atoms with van der Waals surface area (Å²) in [5.41, 5.74) is 9.41. The standard InChI is InChI=1S/C22H23ClN6/c1-27-10-12-28(13-11-27)21-16-8-9-29(14-18(16)25-22(24)26-21)19-7-3-5-15-4-2-6-17(23)20(15)19/h2-7,10,12H,8-9,11,13-14H2,1H3,(H2,24,25,26). The second kappa shape index (κ2) is 7.12. The largest absolute Gasteiger partial charge is 0.377 e. The Morgan fingerprint density at radius 3 is 2.62 bits per heavy atom. The van der Waals surface area contributed by atoms with Gasteiger partial charge in [0.2, 0.25) is 5.95 Å². The van der Waals surface area contributed by atoms with Gasteiger partial charge < -0.3 is 20.4 Å². The highest BCUT2D eigenvalue weighted by Crippen LogP contribution is 2.36. The lowest BCUT2D eigenvalue weighted by Gasteiger charge is -2.34. The van der Waals surface area contributed by atoms with Crippen molar-refractivity contribution in [3.8, 4) is 0 Å². The van der Waals surface area contributed by atoms with Gasteiger partial charge in [0.15, 0.2) is 0 Å². The van der Waals surface area contributed by atoms with Gasteiger partial charge in [0, 0.05) is 55.7 Å². The highest BCUT2D eigenvalue weighted by atomic mass is 35.5. The van der Waals surface area contributed by atoms with Crippen LogP contribution in [0.4, 0.5) is 17.5 Å². The van der Waals surface area contributed by atoms with Crippen molar-refractivity contribution in [2.45, 2.75) is 13.0 Å². The van der Waals surface area contributed by atoms with E-state index in [0.717, 1.165) is 59.0 Å². The molecular formula is C22H23ClN6. The van der Waals surface area contributed by atoms with Crippen molar-refractivity contribution < 1.29 is 0 Å². The van der Waals surface area contributed by atoms with E-state index in [-0.39, 0.29) is 0 Å². The van der Waals surface area contributed by atoms with E-state index in [9.17, 15) is 0 Å². The molecule has 1 aromatic heterocycles. The van der Waals surface area contributed by atoms with E-state index in [4.69, 9.17) is 17.3 Å². The second-order valence-corrected chi connectivity index (χ2v) is 8.00. The summed E-state index contributed by atoms with van der Waals surface area (Å²) in [5.74, 6) is 1.26. The van der Waals surface area contributed by atoms with Crippen molar-refractivity contribution in [3.63, 3.8) is 0 Å². The Morgan fingerprint density at radius 2 is 1.83 bits per heavy atom. The van der Waals surface area contributed by atoms with Crippen molar-refractivity contribution >= 4 is 39.8 Å². The number of fused-ring (bicyclic) bond motifs is 2. The van der Waals surface area contributed by atoms with Crippen LogP contribution in [0.25, 0.3) is 10.8 Å². The molecule has 148 valence electrons. The van der Waals surface area contributed by atoms with Crippen LogP contribution in [0.15, 0.2) is 48.8 Å². The van der Waals surface area contributed by atoms with Crippen LogP contribution >= 0.6 is 11.6 Å². The Balaban J connectivity index is 1.54. The van der Waals surface area contributed by atoms with E-state index in [2.05, 4.69) is 68.4 Å². The SMILES string of the molecule is CN1C=CN(c2nc(N)nc3c2CCN(c2cccc4cccc(Cl)c24)C3)CC1. The molecule has 0 radical (unpaired) electrons. The quantitative estimate of drug-likeness (QED) is 0.700. The van der Waals surface area contributed by atoms with Gasteiger partial charge in [-0.05, 0) is 23.9 Å². The third-order valence-electron chi connectivity index (χ3n) is 5.70. The van der Waals surface area contributed by atoms with Gasteiger partial charge in [-0.15, -0.1) is 0 Å². The van der Waals surface area contributed by atoms with Gasteiger partial charge in [-0.3, -0.25) is 0 Å². The van der Waals surface area contributed by atoms with Crippen LogP contribution in [-0.2, 0) is 13.0 Å². The molecule has 6 nitrogen and oxygen atoms in total. The third kappa shape index (κ3) is 3.23. The van der Waals surface area contributed by atoms with Crippen LogP contribution in [0, 0.1) is 0 Å². The summed E-state index contributed by atoms with van der Waals surface area (Å²) in [5, 5.41) is 3.00. The first-order chi connectivity index (χ1) is 14.1. The molecule has 0 bridgehead atoms. The zero-order valence-electron chi connectivity index (χ0n) is 16.3. The normalized spacial score (nSPS) is 16.4. The predicted octanol–water partition coefficient (Wildman–Crippen LogP) is 3.65. The Bertz CT molecular complexity index is 1110. The minimum atomic E-state index is 0.323. The monoisotopic (exact) mass is 406 g/mol. The number of hydrogen-bond acceptors (Lipinski definition) is 6. The Kier molecular flexibility index (Phi) is 4.43. The number of nitrogen functional groups attached to an aromatic ring is 1. The van der Waals surface area contributed by atoms with E-state index < -0.39 is 0 Å². The summed E-state index contributed by atoms with van der Waals surface area (Å²) in [6.45, 7) is 3.42. The summed E-state index contributed by atoms with van der Waals surface area (Å²) >= 11 is 6.55. The van der Waals surface area contributed by atoms with E-state index in [1.807, 2.05) is 12.1 Å². The second-order valence-electron chi connectivity index (χ2n) is 7.59. The lowest BCUT2D eigenvalue weighted by molar-refractivity contribution is 0.445. The van der Waals surface area contributed by atoms with Gasteiger partial charge in [0.1, 0.15) is 5.82 Å². The Morgan fingerprint density at radius 1 is 1.00 bits per heavy atom. The van der Waals surface area contributed by atoms with Crippen LogP contribution in [0.3, 0.4) is 0 Å². The lowest BCUT2D eigenvalue weighted by Crippen LogP contribution is -2.36. The van der Waals surface area contributed by atoms with Crippen molar-refractivity contribution in [1.82, 2.24) is 14.9 Å². The number of likely N-dealkylation sites (N-methyl/N-ethyl adjacent to an activating group) is 1. The van der Waals surface area contributed by atoms with Crippen LogP contribution < -0.4 is 15.5 Å². The molecule has 2 N–H and O–H groups in total. The third-order valence-corrected chi connectivity index (χ3v) is 6.01. The van der Waals surface area contributed by atoms with Crippen molar-refractivity contribution in [3.05, 3.63) is 65.1 Å². The summed E-state index contributed by atoms with van der Waals surface area (Å²) in [4.78, 5) is 15.9. The number of rotatable bonds is 2. The number of nitrogens with zero attached hydrogens (tertiary/aromatic N) is 5. The van der Waals surface area contributed by atoms with Gasteiger partial charge in [-0.25, -0.2) is 4.98 Å². The first-order valence-corrected chi connectivity index (χ1v) is 10.2. The summed E-state index contributed by atoms with van der Waals surface area (Å²) < 4.78 is 0. The van der Waals surface area contributed by atoms with Crippen molar-refractivity contribution in [2.75, 3.05) is 42.2 Å². The summed E-state index contributed by atoms with van der Waals surface area (Å²) in [6.07, 6.45) is 5.01. The van der Waals surface area contributed by atoms with Crippen molar-refractivity contribution in [1.29, 1.82) is 0 Å². The molecule has 29 heavy (non-hydrogen) atoms. The lowest BCUT2D eigenvalue weighted by atomic mass is 10.0. The number of hydrogen-bond donors (Lipinski definition) is 1. The molecule has 7 heteroatoms. The highest BCUT2D eigenvalue weighted by Gasteiger charge is 2.26. The van der Waals surface area contributed by atoms with Crippen LogP contribution in [-0.4, -0.2) is 41.5 Å².